The van der Waals surface area contributed by atoms with Gasteiger partial charge in [0, 0.05) is 16.4 Å². The molecular formula is C20H25N3O5S3. The average molecular weight is 484 g/mol. The molecular weight excluding hydrogens is 458 g/mol. The largest absolute Gasteiger partial charge is 0.466 e. The van der Waals surface area contributed by atoms with Gasteiger partial charge in [0.05, 0.1) is 27.9 Å². The Bertz CT molecular complexity index is 1050. The molecule has 1 unspecified atom stereocenters. The average Bonchev–Trinajstić information content (AvgIpc) is 3.01. The lowest BCUT2D eigenvalue weighted by Gasteiger charge is -2.28. The van der Waals surface area contributed by atoms with Crippen LogP contribution in [0.2, 0.25) is 0 Å². The van der Waals surface area contributed by atoms with Crippen LogP contribution in [0.4, 0.5) is 4.79 Å². The van der Waals surface area contributed by atoms with Gasteiger partial charge in [-0.1, -0.05) is 29.5 Å². The topological polar surface area (TPSA) is 105 Å². The van der Waals surface area contributed by atoms with Crippen molar-refractivity contribution < 1.29 is 22.7 Å². The van der Waals surface area contributed by atoms with Crippen molar-refractivity contribution in [2.24, 2.45) is 0 Å². The SMILES string of the molecule is CCOC(=O)CCSC1=C2C(NS(=O)(=O)c3ccc(C)cc3)NC(=O)N2C(C)=C(C)S1. The fraction of sp³-hybridized carbons (Fsp3) is 0.400. The standard InChI is InChI=1S/C20H25N3O5S3/c1-5-28-16(24)10-11-29-19-17-18(21-20(25)23(17)13(3)14(4)30-19)22-31(26,27)15-8-6-12(2)7-9-15/h6-9,18,22H,5,10-11H2,1-4H3,(H,21,25). The van der Waals surface area contributed by atoms with Crippen LogP contribution in [-0.2, 0) is 19.6 Å². The summed E-state index contributed by atoms with van der Waals surface area (Å²) in [4.78, 5) is 26.9. The second-order valence-electron chi connectivity index (χ2n) is 6.97. The van der Waals surface area contributed by atoms with Crippen molar-refractivity contribution in [3.63, 3.8) is 0 Å². The molecule has 0 aromatic heterocycles. The highest BCUT2D eigenvalue weighted by molar-refractivity contribution is 8.24. The van der Waals surface area contributed by atoms with Crippen molar-refractivity contribution in [1.29, 1.82) is 0 Å². The zero-order chi connectivity index (χ0) is 22.8. The monoisotopic (exact) mass is 483 g/mol. The lowest BCUT2D eigenvalue weighted by atomic mass is 10.2. The van der Waals surface area contributed by atoms with E-state index in [0.717, 1.165) is 20.4 Å². The first-order valence-corrected chi connectivity index (χ1v) is 13.0. The summed E-state index contributed by atoms with van der Waals surface area (Å²) in [6.45, 7) is 7.67. The Morgan fingerprint density at radius 2 is 1.94 bits per heavy atom. The second-order valence-corrected chi connectivity index (χ2v) is 11.3. The number of carbonyl (C=O) groups is 2. The van der Waals surface area contributed by atoms with Gasteiger partial charge in [-0.3, -0.25) is 9.69 Å². The number of hydrogen-bond acceptors (Lipinski definition) is 7. The number of thioether (sulfide) groups is 2. The Morgan fingerprint density at radius 3 is 2.58 bits per heavy atom. The van der Waals surface area contributed by atoms with E-state index in [1.165, 1.54) is 40.6 Å². The van der Waals surface area contributed by atoms with Gasteiger partial charge in [0.1, 0.15) is 6.17 Å². The van der Waals surface area contributed by atoms with Crippen LogP contribution in [0.15, 0.2) is 49.7 Å². The van der Waals surface area contributed by atoms with Crippen LogP contribution in [0.1, 0.15) is 32.8 Å². The van der Waals surface area contributed by atoms with Crippen molar-refractivity contribution >= 4 is 45.5 Å². The van der Waals surface area contributed by atoms with E-state index in [1.807, 2.05) is 20.8 Å². The zero-order valence-corrected chi connectivity index (χ0v) is 20.2. The number of amides is 2. The Morgan fingerprint density at radius 1 is 1.26 bits per heavy atom. The summed E-state index contributed by atoms with van der Waals surface area (Å²) in [6.07, 6.45) is -0.696. The molecule has 0 radical (unpaired) electrons. The number of nitrogens with zero attached hydrogens (tertiary/aromatic N) is 1. The molecule has 2 amide bonds. The van der Waals surface area contributed by atoms with Gasteiger partial charge < -0.3 is 10.1 Å². The molecule has 2 heterocycles. The summed E-state index contributed by atoms with van der Waals surface area (Å²) < 4.78 is 34.2. The van der Waals surface area contributed by atoms with E-state index < -0.39 is 22.2 Å². The first kappa shape index (κ1) is 23.7. The van der Waals surface area contributed by atoms with Crippen LogP contribution in [0.5, 0.6) is 0 Å². The molecule has 2 aliphatic rings. The molecule has 11 heteroatoms. The molecule has 0 saturated carbocycles. The van der Waals surface area contributed by atoms with Gasteiger partial charge >= 0.3 is 12.0 Å². The fourth-order valence-corrected chi connectivity index (χ4v) is 6.66. The van der Waals surface area contributed by atoms with Crippen molar-refractivity contribution in [3.8, 4) is 0 Å². The predicted octanol–water partition coefficient (Wildman–Crippen LogP) is 3.48. The van der Waals surface area contributed by atoms with Gasteiger partial charge in [0.25, 0.3) is 0 Å². The lowest BCUT2D eigenvalue weighted by molar-refractivity contribution is -0.142. The Labute approximate surface area is 190 Å². The highest BCUT2D eigenvalue weighted by Gasteiger charge is 2.42. The van der Waals surface area contributed by atoms with Crippen LogP contribution < -0.4 is 10.0 Å². The number of sulfonamides is 1. The number of benzene rings is 1. The maximum atomic E-state index is 12.9. The maximum absolute atomic E-state index is 12.9. The molecule has 0 spiro atoms. The predicted molar refractivity (Wildman–Crippen MR) is 122 cm³/mol. The first-order valence-electron chi connectivity index (χ1n) is 9.71. The van der Waals surface area contributed by atoms with Crippen LogP contribution in [0, 0.1) is 6.92 Å². The number of urea groups is 1. The number of fused-ring (bicyclic) bond motifs is 1. The fourth-order valence-electron chi connectivity index (χ4n) is 3.05. The normalized spacial score (nSPS) is 18.9. The van der Waals surface area contributed by atoms with E-state index >= 15 is 0 Å². The summed E-state index contributed by atoms with van der Waals surface area (Å²) in [5.41, 5.74) is 2.22. The van der Waals surface area contributed by atoms with Gasteiger partial charge in [0.15, 0.2) is 0 Å². The van der Waals surface area contributed by atoms with E-state index in [4.69, 9.17) is 4.74 Å². The summed E-state index contributed by atoms with van der Waals surface area (Å²) in [6, 6.07) is 6.10. The van der Waals surface area contributed by atoms with E-state index in [9.17, 15) is 18.0 Å². The van der Waals surface area contributed by atoms with Crippen molar-refractivity contribution in [2.75, 3.05) is 12.4 Å². The Kier molecular flexibility index (Phi) is 7.40. The minimum absolute atomic E-state index is 0.120. The van der Waals surface area contributed by atoms with Gasteiger partial charge in [-0.15, -0.1) is 11.8 Å². The van der Waals surface area contributed by atoms with Crippen LogP contribution in [0.25, 0.3) is 0 Å². The van der Waals surface area contributed by atoms with Crippen molar-refractivity contribution in [2.45, 2.75) is 45.2 Å². The van der Waals surface area contributed by atoms with Crippen LogP contribution in [-0.4, -0.2) is 43.8 Å². The number of nitrogens with one attached hydrogen (secondary N) is 2. The molecule has 1 fully saturated rings. The molecule has 1 saturated heterocycles. The third-order valence-corrected chi connectivity index (χ3v) is 8.65. The summed E-state index contributed by atoms with van der Waals surface area (Å²) in [7, 11) is -3.86. The zero-order valence-electron chi connectivity index (χ0n) is 17.7. The molecule has 8 nitrogen and oxygen atoms in total. The first-order chi connectivity index (χ1) is 14.6. The summed E-state index contributed by atoms with van der Waals surface area (Å²) >= 11 is 2.87. The van der Waals surface area contributed by atoms with Gasteiger partial charge in [-0.25, -0.2) is 13.2 Å². The molecule has 168 valence electrons. The number of hydrogen-bond donors (Lipinski definition) is 2. The second kappa shape index (κ2) is 9.68. The third kappa shape index (κ3) is 5.28. The number of aryl methyl sites for hydroxylation is 1. The molecule has 1 aromatic carbocycles. The number of rotatable bonds is 8. The van der Waals surface area contributed by atoms with Gasteiger partial charge in [-0.05, 0) is 39.8 Å². The van der Waals surface area contributed by atoms with E-state index in [1.54, 1.807) is 19.1 Å². The Balaban J connectivity index is 1.87. The minimum Gasteiger partial charge on any atom is -0.466 e. The van der Waals surface area contributed by atoms with E-state index in [-0.39, 0.29) is 17.3 Å². The number of allylic oxidation sites excluding steroid dienone is 2. The Hall–Kier alpha value is -1.95. The van der Waals surface area contributed by atoms with E-state index in [0.29, 0.717) is 18.1 Å². The van der Waals surface area contributed by atoms with Crippen molar-refractivity contribution in [1.82, 2.24) is 14.9 Å². The molecule has 3 rings (SSSR count). The van der Waals surface area contributed by atoms with Crippen molar-refractivity contribution in [3.05, 3.63) is 50.4 Å². The maximum Gasteiger partial charge on any atom is 0.327 e. The van der Waals surface area contributed by atoms with Gasteiger partial charge in [0.2, 0.25) is 10.0 Å². The number of esters is 1. The van der Waals surface area contributed by atoms with Gasteiger partial charge in [-0.2, -0.15) is 4.72 Å². The molecule has 2 N–H and O–H groups in total. The minimum atomic E-state index is -3.86. The smallest absolute Gasteiger partial charge is 0.327 e. The molecule has 1 atom stereocenters. The number of ether oxygens (including phenoxy) is 1. The molecule has 0 aliphatic carbocycles. The molecule has 1 aromatic rings. The van der Waals surface area contributed by atoms with E-state index in [2.05, 4.69) is 10.0 Å². The quantitative estimate of drug-likeness (QED) is 0.546. The van der Waals surface area contributed by atoms with Crippen LogP contribution >= 0.6 is 23.5 Å². The number of carbonyl (C=O) groups excluding carboxylic acids is 2. The third-order valence-electron chi connectivity index (χ3n) is 4.73. The molecule has 2 aliphatic heterocycles. The molecule has 31 heavy (non-hydrogen) atoms. The highest BCUT2D eigenvalue weighted by atomic mass is 32.2. The summed E-state index contributed by atoms with van der Waals surface area (Å²) in [5, 5.41) is 2.72. The lowest BCUT2D eigenvalue weighted by Crippen LogP contribution is -2.43. The summed E-state index contributed by atoms with van der Waals surface area (Å²) in [5.74, 6) is 0.162. The highest BCUT2D eigenvalue weighted by Crippen LogP contribution is 2.46. The molecule has 0 bridgehead atoms. The van der Waals surface area contributed by atoms with Crippen LogP contribution in [0.3, 0.4) is 0 Å².